The number of hydrogen-bond donors (Lipinski definition) is 1. The first-order valence-corrected chi connectivity index (χ1v) is 6.87. The summed E-state index contributed by atoms with van der Waals surface area (Å²) in [6, 6.07) is 1.77. The molecule has 0 spiro atoms. The van der Waals surface area contributed by atoms with Crippen LogP contribution >= 0.6 is 0 Å². The Morgan fingerprint density at radius 3 is 2.69 bits per heavy atom. The van der Waals surface area contributed by atoms with E-state index in [0.29, 0.717) is 18.2 Å². The minimum atomic E-state index is -2.94. The Morgan fingerprint density at radius 2 is 2.12 bits per heavy atom. The maximum Gasteiger partial charge on any atom is 0.149 e. The lowest BCUT2D eigenvalue weighted by atomic mass is 10.5. The van der Waals surface area contributed by atoms with Crippen molar-refractivity contribution in [3.8, 4) is 0 Å². The van der Waals surface area contributed by atoms with Crippen LogP contribution in [0.3, 0.4) is 0 Å². The Morgan fingerprint density at radius 1 is 1.44 bits per heavy atom. The average molecular weight is 244 g/mol. The molecule has 0 aliphatic heterocycles. The summed E-state index contributed by atoms with van der Waals surface area (Å²) in [5.41, 5.74) is 0. The number of sulfone groups is 1. The number of nitrogens with zero attached hydrogens (tertiary/aromatic N) is 3. The SMILES string of the molecule is CNc1cc(N(C)CCS(C)(=O)=O)ncn1. The third kappa shape index (κ3) is 4.01. The van der Waals surface area contributed by atoms with Gasteiger partial charge in [-0.3, -0.25) is 0 Å². The van der Waals surface area contributed by atoms with Crippen molar-refractivity contribution in [2.24, 2.45) is 0 Å². The lowest BCUT2D eigenvalue weighted by molar-refractivity contribution is 0.601. The molecule has 0 amide bonds. The van der Waals surface area contributed by atoms with Crippen molar-refractivity contribution in [1.82, 2.24) is 9.97 Å². The van der Waals surface area contributed by atoms with Gasteiger partial charge in [0.05, 0.1) is 5.75 Å². The molecule has 0 bridgehead atoms. The smallest absolute Gasteiger partial charge is 0.149 e. The first-order valence-electron chi connectivity index (χ1n) is 4.81. The van der Waals surface area contributed by atoms with Gasteiger partial charge in [-0.25, -0.2) is 18.4 Å². The largest absolute Gasteiger partial charge is 0.373 e. The lowest BCUT2D eigenvalue weighted by Crippen LogP contribution is -2.25. The zero-order valence-electron chi connectivity index (χ0n) is 9.64. The standard InChI is InChI=1S/C9H16N4O2S/c1-10-8-6-9(12-7-11-8)13(2)4-5-16(3,14)15/h6-7H,4-5H2,1-3H3,(H,10,11,12). The summed E-state index contributed by atoms with van der Waals surface area (Å²) in [5.74, 6) is 1.52. The van der Waals surface area contributed by atoms with Crippen LogP contribution in [-0.4, -0.2) is 51.0 Å². The van der Waals surface area contributed by atoms with Crippen LogP contribution in [0.2, 0.25) is 0 Å². The molecule has 1 aromatic heterocycles. The van der Waals surface area contributed by atoms with Crippen LogP contribution < -0.4 is 10.2 Å². The Balaban J connectivity index is 2.69. The van der Waals surface area contributed by atoms with E-state index in [4.69, 9.17) is 0 Å². The number of nitrogens with one attached hydrogen (secondary N) is 1. The van der Waals surface area contributed by atoms with E-state index in [1.165, 1.54) is 12.6 Å². The fraction of sp³-hybridized carbons (Fsp3) is 0.556. The van der Waals surface area contributed by atoms with Gasteiger partial charge in [0.15, 0.2) is 0 Å². The van der Waals surface area contributed by atoms with Gasteiger partial charge >= 0.3 is 0 Å². The molecule has 0 atom stereocenters. The van der Waals surface area contributed by atoms with Crippen LogP contribution in [0.5, 0.6) is 0 Å². The van der Waals surface area contributed by atoms with Gasteiger partial charge in [-0.05, 0) is 0 Å². The molecule has 0 unspecified atom stereocenters. The van der Waals surface area contributed by atoms with Gasteiger partial charge < -0.3 is 10.2 Å². The number of anilines is 2. The van der Waals surface area contributed by atoms with E-state index in [1.807, 2.05) is 0 Å². The molecule has 0 aliphatic carbocycles. The molecule has 1 aromatic rings. The first kappa shape index (κ1) is 12.7. The van der Waals surface area contributed by atoms with Crippen molar-refractivity contribution in [3.05, 3.63) is 12.4 Å². The van der Waals surface area contributed by atoms with E-state index in [1.54, 1.807) is 25.1 Å². The second-order valence-electron chi connectivity index (χ2n) is 3.56. The van der Waals surface area contributed by atoms with Crippen molar-refractivity contribution >= 4 is 21.5 Å². The molecule has 0 saturated carbocycles. The zero-order valence-corrected chi connectivity index (χ0v) is 10.5. The molecule has 7 heteroatoms. The molecule has 1 heterocycles. The van der Waals surface area contributed by atoms with Gasteiger partial charge in [-0.15, -0.1) is 0 Å². The average Bonchev–Trinajstić information content (AvgIpc) is 2.25. The fourth-order valence-electron chi connectivity index (χ4n) is 1.11. The molecule has 0 aliphatic rings. The van der Waals surface area contributed by atoms with E-state index in [0.717, 1.165) is 0 Å². The van der Waals surface area contributed by atoms with Crippen LogP contribution in [0.1, 0.15) is 0 Å². The molecule has 0 radical (unpaired) electrons. The summed E-state index contributed by atoms with van der Waals surface area (Å²) in [4.78, 5) is 9.83. The third-order valence-electron chi connectivity index (χ3n) is 2.10. The third-order valence-corrected chi connectivity index (χ3v) is 3.02. The molecular formula is C9H16N4O2S. The van der Waals surface area contributed by atoms with Crippen LogP contribution in [0.15, 0.2) is 12.4 Å². The summed E-state index contributed by atoms with van der Waals surface area (Å²) in [6.45, 7) is 0.416. The van der Waals surface area contributed by atoms with Crippen LogP contribution in [0.4, 0.5) is 11.6 Å². The van der Waals surface area contributed by atoms with E-state index in [-0.39, 0.29) is 5.75 Å². The molecule has 0 aromatic carbocycles. The summed E-state index contributed by atoms with van der Waals surface area (Å²) < 4.78 is 22.0. The second-order valence-corrected chi connectivity index (χ2v) is 5.82. The molecule has 1 rings (SSSR count). The normalized spacial score (nSPS) is 11.2. The van der Waals surface area contributed by atoms with Crippen LogP contribution in [0, 0.1) is 0 Å². The van der Waals surface area contributed by atoms with Crippen LogP contribution in [0.25, 0.3) is 0 Å². The first-order chi connectivity index (χ1) is 7.42. The van der Waals surface area contributed by atoms with E-state index >= 15 is 0 Å². The van der Waals surface area contributed by atoms with Gasteiger partial charge in [0.1, 0.15) is 27.8 Å². The molecule has 6 nitrogen and oxygen atoms in total. The Kier molecular flexibility index (Phi) is 4.05. The molecule has 90 valence electrons. The van der Waals surface area contributed by atoms with Gasteiger partial charge in [0.2, 0.25) is 0 Å². The quantitative estimate of drug-likeness (QED) is 0.785. The fourth-order valence-corrected chi connectivity index (χ4v) is 1.72. The lowest BCUT2D eigenvalue weighted by Gasteiger charge is -2.17. The van der Waals surface area contributed by atoms with Crippen molar-refractivity contribution < 1.29 is 8.42 Å². The van der Waals surface area contributed by atoms with Crippen molar-refractivity contribution in [2.45, 2.75) is 0 Å². The van der Waals surface area contributed by atoms with E-state index in [9.17, 15) is 8.42 Å². The summed E-state index contributed by atoms with van der Waals surface area (Å²) in [7, 11) is 0.621. The molecule has 0 fully saturated rings. The van der Waals surface area contributed by atoms with Gasteiger partial charge in [0, 0.05) is 33.0 Å². The van der Waals surface area contributed by atoms with Gasteiger partial charge in [-0.2, -0.15) is 0 Å². The maximum atomic E-state index is 11.0. The number of aromatic nitrogens is 2. The summed E-state index contributed by atoms with van der Waals surface area (Å²) >= 11 is 0. The predicted octanol–water partition coefficient (Wildman–Crippen LogP) is -0.000900. The highest BCUT2D eigenvalue weighted by Crippen LogP contribution is 2.11. The van der Waals surface area contributed by atoms with Crippen molar-refractivity contribution in [1.29, 1.82) is 0 Å². The molecule has 0 saturated heterocycles. The van der Waals surface area contributed by atoms with Crippen LogP contribution in [-0.2, 0) is 9.84 Å². The minimum absolute atomic E-state index is 0.113. The van der Waals surface area contributed by atoms with E-state index in [2.05, 4.69) is 15.3 Å². The van der Waals surface area contributed by atoms with Crippen molar-refractivity contribution in [2.75, 3.05) is 42.9 Å². The zero-order chi connectivity index (χ0) is 12.2. The number of hydrogen-bond acceptors (Lipinski definition) is 6. The topological polar surface area (TPSA) is 75.2 Å². The Bertz CT molecular complexity index is 447. The van der Waals surface area contributed by atoms with E-state index < -0.39 is 9.84 Å². The monoisotopic (exact) mass is 244 g/mol. The highest BCUT2D eigenvalue weighted by Gasteiger charge is 2.07. The highest BCUT2D eigenvalue weighted by molar-refractivity contribution is 7.90. The summed E-state index contributed by atoms with van der Waals surface area (Å²) in [6.07, 6.45) is 2.66. The second kappa shape index (κ2) is 5.11. The number of rotatable bonds is 5. The Labute approximate surface area is 95.6 Å². The molecular weight excluding hydrogens is 228 g/mol. The van der Waals surface area contributed by atoms with Crippen molar-refractivity contribution in [3.63, 3.8) is 0 Å². The maximum absolute atomic E-state index is 11.0. The Hall–Kier alpha value is -1.37. The molecule has 1 N–H and O–H groups in total. The highest BCUT2D eigenvalue weighted by atomic mass is 32.2. The summed E-state index contributed by atoms with van der Waals surface area (Å²) in [5, 5.41) is 2.90. The molecule has 16 heavy (non-hydrogen) atoms. The van der Waals surface area contributed by atoms with Gasteiger partial charge in [0.25, 0.3) is 0 Å². The predicted molar refractivity (Wildman–Crippen MR) is 64.6 cm³/mol. The van der Waals surface area contributed by atoms with Gasteiger partial charge in [-0.1, -0.05) is 0 Å². The minimum Gasteiger partial charge on any atom is -0.373 e.